The number of carbonyl (C=O) groups excluding carboxylic acids is 1. The fourth-order valence-electron chi connectivity index (χ4n) is 2.88. The number of ether oxygens (including phenoxy) is 1. The maximum Gasteiger partial charge on any atom is 0.303 e. The number of halogens is 1. The van der Waals surface area contributed by atoms with E-state index in [-0.39, 0.29) is 24.7 Å². The van der Waals surface area contributed by atoms with Gasteiger partial charge in [0.2, 0.25) is 0 Å². The van der Waals surface area contributed by atoms with Crippen LogP contribution < -0.4 is 4.74 Å². The molecule has 0 fully saturated rings. The van der Waals surface area contributed by atoms with Crippen LogP contribution in [0.4, 0.5) is 0 Å². The van der Waals surface area contributed by atoms with Crippen LogP contribution in [0.25, 0.3) is 0 Å². The predicted octanol–water partition coefficient (Wildman–Crippen LogP) is 4.35. The van der Waals surface area contributed by atoms with E-state index in [0.29, 0.717) is 36.5 Å². The van der Waals surface area contributed by atoms with Crippen molar-refractivity contribution in [3.63, 3.8) is 0 Å². The number of rotatable bonds is 11. The molecule has 0 saturated carbocycles. The maximum absolute atomic E-state index is 12.1. The highest BCUT2D eigenvalue weighted by Crippen LogP contribution is 2.27. The summed E-state index contributed by atoms with van der Waals surface area (Å²) in [5.74, 6) is -0.277. The average molecular weight is 405 g/mol. The molecule has 6 heteroatoms. The smallest absolute Gasteiger partial charge is 0.303 e. The molecule has 0 heterocycles. The SMILES string of the molecule is O=C(O)CCCC=CCC1C(=O)CC=C1C=CC(O)COc1cccc(Cl)c1. The molecule has 28 heavy (non-hydrogen) atoms. The average Bonchev–Trinajstić information content (AvgIpc) is 3.01. The molecule has 2 atom stereocenters. The first kappa shape index (κ1) is 21.9. The van der Waals surface area contributed by atoms with Crippen LogP contribution in [0.5, 0.6) is 5.75 Å². The molecule has 0 amide bonds. The van der Waals surface area contributed by atoms with E-state index in [0.717, 1.165) is 5.57 Å². The van der Waals surface area contributed by atoms with Crippen molar-refractivity contribution in [2.24, 2.45) is 5.92 Å². The van der Waals surface area contributed by atoms with E-state index in [4.69, 9.17) is 21.4 Å². The van der Waals surface area contributed by atoms with Gasteiger partial charge in [-0.15, -0.1) is 0 Å². The summed E-state index contributed by atoms with van der Waals surface area (Å²) in [6.45, 7) is 0.0895. The van der Waals surface area contributed by atoms with Crippen molar-refractivity contribution in [2.45, 2.75) is 38.2 Å². The van der Waals surface area contributed by atoms with Crippen LogP contribution in [0.3, 0.4) is 0 Å². The Balaban J connectivity index is 1.79. The second-order valence-corrected chi connectivity index (χ2v) is 7.05. The summed E-state index contributed by atoms with van der Waals surface area (Å²) < 4.78 is 5.51. The quantitative estimate of drug-likeness (QED) is 0.423. The molecular formula is C22H25ClO5. The van der Waals surface area contributed by atoms with Crippen LogP contribution >= 0.6 is 11.6 Å². The molecule has 1 aromatic rings. The molecular weight excluding hydrogens is 380 g/mol. The van der Waals surface area contributed by atoms with E-state index in [1.807, 2.05) is 18.2 Å². The fraction of sp³-hybridized carbons (Fsp3) is 0.364. The minimum absolute atomic E-state index is 0.0895. The summed E-state index contributed by atoms with van der Waals surface area (Å²) in [5.41, 5.74) is 0.891. The molecule has 2 rings (SSSR count). The molecule has 1 aliphatic rings. The standard InChI is InChI=1S/C22H25ClO5/c23-17-6-5-7-19(14-17)28-15-18(24)12-10-16-11-13-21(25)20(16)8-3-1-2-4-9-22(26)27/h1,3,5-7,10-12,14,18,20,24H,2,4,8-9,13,15H2,(H,26,27). The molecule has 0 spiro atoms. The zero-order valence-electron chi connectivity index (χ0n) is 15.6. The van der Waals surface area contributed by atoms with Crippen molar-refractivity contribution >= 4 is 23.4 Å². The minimum Gasteiger partial charge on any atom is -0.491 e. The third-order valence-corrected chi connectivity index (χ3v) is 4.59. The van der Waals surface area contributed by atoms with E-state index >= 15 is 0 Å². The number of carboxylic acid groups (broad SMARTS) is 1. The van der Waals surface area contributed by atoms with E-state index in [1.54, 1.807) is 36.4 Å². The molecule has 1 aromatic carbocycles. The Morgan fingerprint density at radius 1 is 1.36 bits per heavy atom. The lowest BCUT2D eigenvalue weighted by atomic mass is 9.95. The van der Waals surface area contributed by atoms with Crippen molar-refractivity contribution in [1.82, 2.24) is 0 Å². The lowest BCUT2D eigenvalue weighted by Gasteiger charge is -2.11. The summed E-state index contributed by atoms with van der Waals surface area (Å²) in [6.07, 6.45) is 10.7. The largest absolute Gasteiger partial charge is 0.491 e. The number of aliphatic hydroxyl groups excluding tert-OH is 1. The number of ketones is 1. The zero-order chi connectivity index (χ0) is 20.4. The molecule has 2 N–H and O–H groups in total. The molecule has 5 nitrogen and oxygen atoms in total. The number of benzene rings is 1. The van der Waals surface area contributed by atoms with Gasteiger partial charge in [0.15, 0.2) is 0 Å². The molecule has 0 saturated heterocycles. The van der Waals surface area contributed by atoms with Crippen LogP contribution in [0.15, 0.2) is 60.2 Å². The number of Topliss-reactive ketones (excluding diaryl/α,β-unsaturated/α-hetero) is 1. The van der Waals surface area contributed by atoms with Crippen molar-refractivity contribution in [3.05, 3.63) is 65.2 Å². The van der Waals surface area contributed by atoms with Gasteiger partial charge >= 0.3 is 5.97 Å². The second kappa shape index (κ2) is 11.5. The fourth-order valence-corrected chi connectivity index (χ4v) is 3.06. The van der Waals surface area contributed by atoms with E-state index in [2.05, 4.69) is 0 Å². The topological polar surface area (TPSA) is 83.8 Å². The third kappa shape index (κ3) is 7.71. The molecule has 0 aliphatic heterocycles. The summed E-state index contributed by atoms with van der Waals surface area (Å²) in [6, 6.07) is 6.96. The Kier molecular flexibility index (Phi) is 8.98. The van der Waals surface area contributed by atoms with Crippen molar-refractivity contribution in [2.75, 3.05) is 6.61 Å². The van der Waals surface area contributed by atoms with Gasteiger partial charge < -0.3 is 14.9 Å². The zero-order valence-corrected chi connectivity index (χ0v) is 16.3. The number of hydrogen-bond donors (Lipinski definition) is 2. The Morgan fingerprint density at radius 3 is 2.93 bits per heavy atom. The van der Waals surface area contributed by atoms with Gasteiger partial charge in [0.1, 0.15) is 24.2 Å². The first-order valence-electron chi connectivity index (χ1n) is 9.30. The molecule has 150 valence electrons. The first-order valence-corrected chi connectivity index (χ1v) is 9.67. The first-order chi connectivity index (χ1) is 13.5. The van der Waals surface area contributed by atoms with E-state index in [1.165, 1.54) is 0 Å². The highest BCUT2D eigenvalue weighted by Gasteiger charge is 2.24. The van der Waals surface area contributed by atoms with Gasteiger partial charge in [0.25, 0.3) is 0 Å². The van der Waals surface area contributed by atoms with Gasteiger partial charge in [-0.05, 0) is 43.0 Å². The Morgan fingerprint density at radius 2 is 2.18 bits per heavy atom. The maximum atomic E-state index is 12.1. The minimum atomic E-state index is -0.803. The molecule has 1 aliphatic carbocycles. The molecule has 0 radical (unpaired) electrons. The predicted molar refractivity (Wildman–Crippen MR) is 109 cm³/mol. The molecule has 0 aromatic heterocycles. The normalized spacial score (nSPS) is 18.0. The van der Waals surface area contributed by atoms with Crippen molar-refractivity contribution in [3.8, 4) is 5.75 Å². The summed E-state index contributed by atoms with van der Waals surface area (Å²) in [7, 11) is 0. The highest BCUT2D eigenvalue weighted by atomic mass is 35.5. The number of unbranched alkanes of at least 4 members (excludes halogenated alkanes) is 1. The lowest BCUT2D eigenvalue weighted by Crippen LogP contribution is -2.15. The summed E-state index contributed by atoms with van der Waals surface area (Å²) in [5, 5.41) is 19.3. The number of aliphatic hydroxyl groups is 1. The van der Waals surface area contributed by atoms with Crippen LogP contribution in [0.1, 0.15) is 32.1 Å². The van der Waals surface area contributed by atoms with Crippen molar-refractivity contribution in [1.29, 1.82) is 0 Å². The summed E-state index contributed by atoms with van der Waals surface area (Å²) >= 11 is 5.89. The van der Waals surface area contributed by atoms with Gasteiger partial charge in [-0.1, -0.05) is 48.0 Å². The number of carboxylic acids is 1. The van der Waals surface area contributed by atoms with Gasteiger partial charge in [-0.2, -0.15) is 0 Å². The third-order valence-electron chi connectivity index (χ3n) is 4.36. The van der Waals surface area contributed by atoms with E-state index < -0.39 is 12.1 Å². The molecule has 0 bridgehead atoms. The highest BCUT2D eigenvalue weighted by molar-refractivity contribution is 6.30. The summed E-state index contributed by atoms with van der Waals surface area (Å²) in [4.78, 5) is 22.6. The Bertz CT molecular complexity index is 766. The van der Waals surface area contributed by atoms with Crippen LogP contribution in [-0.4, -0.2) is 34.7 Å². The Labute approximate surface area is 170 Å². The van der Waals surface area contributed by atoms with Crippen LogP contribution in [0.2, 0.25) is 5.02 Å². The van der Waals surface area contributed by atoms with Gasteiger partial charge in [-0.3, -0.25) is 9.59 Å². The van der Waals surface area contributed by atoms with Crippen molar-refractivity contribution < 1.29 is 24.5 Å². The molecule has 2 unspecified atom stereocenters. The van der Waals surface area contributed by atoms with E-state index in [9.17, 15) is 14.7 Å². The monoisotopic (exact) mass is 404 g/mol. The van der Waals surface area contributed by atoms with Gasteiger partial charge in [0.05, 0.1) is 0 Å². The Hall–Kier alpha value is -2.37. The van der Waals surface area contributed by atoms with Gasteiger partial charge in [-0.25, -0.2) is 0 Å². The second-order valence-electron chi connectivity index (χ2n) is 6.62. The number of carbonyl (C=O) groups is 2. The number of aliphatic carboxylic acids is 1. The van der Waals surface area contributed by atoms with Crippen LogP contribution in [-0.2, 0) is 9.59 Å². The van der Waals surface area contributed by atoms with Gasteiger partial charge in [0, 0.05) is 23.8 Å². The van der Waals surface area contributed by atoms with Crippen LogP contribution in [0, 0.1) is 5.92 Å². The number of hydrogen-bond acceptors (Lipinski definition) is 4. The number of allylic oxidation sites excluding steroid dienone is 5. The lowest BCUT2D eigenvalue weighted by molar-refractivity contribution is -0.137.